The molecule has 0 spiro atoms. The molecule has 2 fully saturated rings. The Labute approximate surface area is 59.3 Å². The van der Waals surface area contributed by atoms with Crippen LogP contribution in [0.4, 0.5) is 0 Å². The van der Waals surface area contributed by atoms with E-state index in [0.717, 1.165) is 19.4 Å². The van der Waals surface area contributed by atoms with Crippen LogP contribution < -0.4 is 0 Å². The molecule has 0 aliphatic carbocycles. The predicted molar refractivity (Wildman–Crippen MR) is 33.7 cm³/mol. The van der Waals surface area contributed by atoms with E-state index in [1.165, 1.54) is 0 Å². The molecule has 2 heterocycles. The van der Waals surface area contributed by atoms with E-state index in [1.807, 2.05) is 0 Å². The third-order valence-electron chi connectivity index (χ3n) is 2.03. The second-order valence-electron chi connectivity index (χ2n) is 2.75. The van der Waals surface area contributed by atoms with Gasteiger partial charge < -0.3 is 9.47 Å². The van der Waals surface area contributed by atoms with Gasteiger partial charge in [0.15, 0.2) is 5.78 Å². The fraction of sp³-hybridized carbons (Fsp3) is 0.857. The van der Waals surface area contributed by atoms with E-state index in [4.69, 9.17) is 9.47 Å². The number of hydrogen-bond donors (Lipinski definition) is 0. The highest BCUT2D eigenvalue weighted by Crippen LogP contribution is 2.22. The molecular formula is C7H10O3. The zero-order valence-corrected chi connectivity index (χ0v) is 5.71. The van der Waals surface area contributed by atoms with E-state index in [9.17, 15) is 4.79 Å². The summed E-state index contributed by atoms with van der Waals surface area (Å²) in [4.78, 5) is 11.0. The monoisotopic (exact) mass is 142 g/mol. The smallest absolute Gasteiger partial charge is 0.189 e. The summed E-state index contributed by atoms with van der Waals surface area (Å²) in [5.41, 5.74) is 0. The van der Waals surface area contributed by atoms with Gasteiger partial charge in [0.1, 0.15) is 12.7 Å². The van der Waals surface area contributed by atoms with Crippen molar-refractivity contribution in [1.29, 1.82) is 0 Å². The number of carbonyl (C=O) groups is 1. The van der Waals surface area contributed by atoms with Gasteiger partial charge in [-0.05, 0) is 12.8 Å². The van der Waals surface area contributed by atoms with Crippen LogP contribution in [0.2, 0.25) is 0 Å². The predicted octanol–water partition coefficient (Wildman–Crippen LogP) is 0.133. The van der Waals surface area contributed by atoms with Crippen molar-refractivity contribution in [1.82, 2.24) is 0 Å². The summed E-state index contributed by atoms with van der Waals surface area (Å²) in [5.74, 6) is 0.115. The molecule has 0 aromatic carbocycles. The van der Waals surface area contributed by atoms with Crippen LogP contribution in [0.15, 0.2) is 0 Å². The number of carbonyl (C=O) groups excluding carboxylic acids is 1. The summed E-state index contributed by atoms with van der Waals surface area (Å²) in [6.07, 6.45) is 1.85. The lowest BCUT2D eigenvalue weighted by Crippen LogP contribution is -2.34. The molecule has 0 amide bonds. The maximum atomic E-state index is 11.0. The van der Waals surface area contributed by atoms with Crippen LogP contribution >= 0.6 is 0 Å². The van der Waals surface area contributed by atoms with Crippen LogP contribution in [-0.4, -0.2) is 31.2 Å². The topological polar surface area (TPSA) is 35.5 Å². The van der Waals surface area contributed by atoms with Crippen molar-refractivity contribution in [2.24, 2.45) is 0 Å². The van der Waals surface area contributed by atoms with E-state index in [0.29, 0.717) is 0 Å². The number of hydrogen-bond acceptors (Lipinski definition) is 3. The van der Waals surface area contributed by atoms with Crippen LogP contribution in [0.5, 0.6) is 0 Å². The SMILES string of the molecule is O=C1CO[C@H]2CCCO[C@H]12. The molecule has 0 unspecified atom stereocenters. The Kier molecular flexibility index (Phi) is 1.47. The van der Waals surface area contributed by atoms with Crippen molar-refractivity contribution in [3.8, 4) is 0 Å². The quantitative estimate of drug-likeness (QED) is 0.482. The molecule has 0 N–H and O–H groups in total. The molecule has 3 heteroatoms. The first-order valence-electron chi connectivity index (χ1n) is 3.64. The average molecular weight is 142 g/mol. The maximum Gasteiger partial charge on any atom is 0.189 e. The number of fused-ring (bicyclic) bond motifs is 1. The molecule has 2 atom stereocenters. The van der Waals surface area contributed by atoms with E-state index in [2.05, 4.69) is 0 Å². The van der Waals surface area contributed by atoms with Crippen molar-refractivity contribution >= 4 is 5.78 Å². The Morgan fingerprint density at radius 1 is 1.40 bits per heavy atom. The minimum Gasteiger partial charge on any atom is -0.368 e. The number of ether oxygens (including phenoxy) is 2. The van der Waals surface area contributed by atoms with Gasteiger partial charge in [-0.15, -0.1) is 0 Å². The minimum absolute atomic E-state index is 0.0706. The Bertz CT molecular complexity index is 155. The third kappa shape index (κ3) is 0.859. The van der Waals surface area contributed by atoms with Crippen molar-refractivity contribution in [2.75, 3.05) is 13.2 Å². The first-order chi connectivity index (χ1) is 4.88. The van der Waals surface area contributed by atoms with Gasteiger partial charge in [-0.1, -0.05) is 0 Å². The largest absolute Gasteiger partial charge is 0.368 e. The summed E-state index contributed by atoms with van der Waals surface area (Å²) in [6.45, 7) is 0.978. The highest BCUT2D eigenvalue weighted by Gasteiger charge is 2.38. The Morgan fingerprint density at radius 3 is 3.10 bits per heavy atom. The summed E-state index contributed by atoms with van der Waals surface area (Å²) in [6, 6.07) is 0. The molecule has 0 aromatic heterocycles. The fourth-order valence-electron chi connectivity index (χ4n) is 1.50. The molecule has 0 radical (unpaired) electrons. The Hall–Kier alpha value is -0.410. The molecule has 0 bridgehead atoms. The summed E-state index contributed by atoms with van der Waals surface area (Å²) >= 11 is 0. The molecule has 0 aromatic rings. The van der Waals surface area contributed by atoms with Gasteiger partial charge in [0.2, 0.25) is 0 Å². The second-order valence-corrected chi connectivity index (χ2v) is 2.75. The fourth-order valence-corrected chi connectivity index (χ4v) is 1.50. The van der Waals surface area contributed by atoms with Crippen LogP contribution in [0.1, 0.15) is 12.8 Å². The van der Waals surface area contributed by atoms with Crippen LogP contribution in [-0.2, 0) is 14.3 Å². The second kappa shape index (κ2) is 2.32. The normalized spacial score (nSPS) is 39.8. The molecule has 2 saturated heterocycles. The first-order valence-corrected chi connectivity index (χ1v) is 3.64. The van der Waals surface area contributed by atoms with E-state index in [1.54, 1.807) is 0 Å². The van der Waals surface area contributed by atoms with Gasteiger partial charge in [0, 0.05) is 6.61 Å². The zero-order chi connectivity index (χ0) is 6.97. The molecular weight excluding hydrogens is 132 g/mol. The van der Waals surface area contributed by atoms with Gasteiger partial charge in [-0.2, -0.15) is 0 Å². The van der Waals surface area contributed by atoms with Crippen molar-refractivity contribution < 1.29 is 14.3 Å². The Balaban J connectivity index is 2.08. The van der Waals surface area contributed by atoms with Gasteiger partial charge in [0.25, 0.3) is 0 Å². The molecule has 3 nitrogen and oxygen atoms in total. The van der Waals surface area contributed by atoms with Crippen LogP contribution in [0.3, 0.4) is 0 Å². The minimum atomic E-state index is -0.228. The van der Waals surface area contributed by atoms with Gasteiger partial charge in [0.05, 0.1) is 6.10 Å². The third-order valence-corrected chi connectivity index (χ3v) is 2.03. The molecule has 2 rings (SSSR count). The molecule has 0 saturated carbocycles. The molecule has 10 heavy (non-hydrogen) atoms. The number of rotatable bonds is 0. The lowest BCUT2D eigenvalue weighted by molar-refractivity contribution is -0.128. The van der Waals surface area contributed by atoms with Crippen molar-refractivity contribution in [2.45, 2.75) is 25.0 Å². The summed E-state index contributed by atoms with van der Waals surface area (Å²) in [5, 5.41) is 0. The van der Waals surface area contributed by atoms with Crippen LogP contribution in [0, 0.1) is 0 Å². The van der Waals surface area contributed by atoms with E-state index in [-0.39, 0.29) is 24.6 Å². The Morgan fingerprint density at radius 2 is 2.30 bits per heavy atom. The maximum absolute atomic E-state index is 11.0. The summed E-state index contributed by atoms with van der Waals surface area (Å²) < 4.78 is 10.4. The number of Topliss-reactive ketones (excluding diaryl/α,β-unsaturated/α-hetero) is 1. The highest BCUT2D eigenvalue weighted by atomic mass is 16.6. The lowest BCUT2D eigenvalue weighted by Gasteiger charge is -2.22. The summed E-state index contributed by atoms with van der Waals surface area (Å²) in [7, 11) is 0. The van der Waals surface area contributed by atoms with Gasteiger partial charge in [-0.25, -0.2) is 0 Å². The van der Waals surface area contributed by atoms with Crippen molar-refractivity contribution in [3.05, 3.63) is 0 Å². The van der Waals surface area contributed by atoms with Crippen molar-refractivity contribution in [3.63, 3.8) is 0 Å². The zero-order valence-electron chi connectivity index (χ0n) is 5.71. The van der Waals surface area contributed by atoms with E-state index >= 15 is 0 Å². The number of ketones is 1. The van der Waals surface area contributed by atoms with Crippen LogP contribution in [0.25, 0.3) is 0 Å². The van der Waals surface area contributed by atoms with E-state index < -0.39 is 0 Å². The molecule has 2 aliphatic heterocycles. The first kappa shape index (κ1) is 6.31. The molecule has 2 aliphatic rings. The van der Waals surface area contributed by atoms with Gasteiger partial charge >= 0.3 is 0 Å². The highest BCUT2D eigenvalue weighted by molar-refractivity contribution is 5.86. The standard InChI is InChI=1S/C7H10O3/c8-5-4-10-6-2-1-3-9-7(5)6/h6-7H,1-4H2/t6-,7+/m0/s1. The lowest BCUT2D eigenvalue weighted by atomic mass is 10.1. The average Bonchev–Trinajstić information content (AvgIpc) is 2.34. The molecule has 56 valence electrons. The van der Waals surface area contributed by atoms with Gasteiger partial charge in [-0.3, -0.25) is 4.79 Å².